The average molecular weight is 448 g/mol. The van der Waals surface area contributed by atoms with Crippen molar-refractivity contribution in [2.75, 3.05) is 0 Å². The van der Waals surface area contributed by atoms with Gasteiger partial charge in [-0.05, 0) is 30.3 Å². The molecule has 0 N–H and O–H groups in total. The number of hydrogen-bond acceptors (Lipinski definition) is 6. The summed E-state index contributed by atoms with van der Waals surface area (Å²) < 4.78 is 29.7. The van der Waals surface area contributed by atoms with Crippen molar-refractivity contribution in [2.24, 2.45) is 0 Å². The highest BCUT2D eigenvalue weighted by molar-refractivity contribution is 6.32. The lowest BCUT2D eigenvalue weighted by molar-refractivity contribution is -0.134. The summed E-state index contributed by atoms with van der Waals surface area (Å²) in [5.41, 5.74) is 0.319. The first-order valence-electron chi connectivity index (χ1n) is 8.75. The summed E-state index contributed by atoms with van der Waals surface area (Å²) in [5, 5.41) is 3.88. The summed E-state index contributed by atoms with van der Waals surface area (Å²) in [4.78, 5) is 24.6. The molecular formula is C21H12Cl2FNO5. The van der Waals surface area contributed by atoms with Gasteiger partial charge in [-0.25, -0.2) is 4.39 Å². The smallest absolute Gasteiger partial charge is 0.311 e. The molecule has 9 heteroatoms. The number of benzene rings is 2. The van der Waals surface area contributed by atoms with Crippen LogP contribution in [-0.4, -0.2) is 16.9 Å². The van der Waals surface area contributed by atoms with Crippen molar-refractivity contribution in [3.05, 3.63) is 81.1 Å². The third kappa shape index (κ3) is 4.22. The molecule has 6 nitrogen and oxygen atoms in total. The summed E-state index contributed by atoms with van der Waals surface area (Å²) in [6.45, 7) is 0. The standard InChI is InChI=1S/C21H12Cl2FNO5/c22-15-2-1-3-16(24)14(15)10-18-21(27)13-6-4-11(8-17(13)29-18)28-20(26)7-5-12-9-19(23)25-30-12/h1-4,6,8-10H,5,7H2/b18-10-. The number of nitrogens with zero attached hydrogens (tertiary/aromatic N) is 1. The Kier molecular flexibility index (Phi) is 5.57. The number of esters is 1. The number of allylic oxidation sites excluding steroid dienone is 1. The van der Waals surface area contributed by atoms with Crippen LogP contribution < -0.4 is 9.47 Å². The van der Waals surface area contributed by atoms with Crippen LogP contribution in [0.3, 0.4) is 0 Å². The molecule has 0 bridgehead atoms. The third-order valence-corrected chi connectivity index (χ3v) is 4.76. The first-order valence-corrected chi connectivity index (χ1v) is 9.50. The number of aromatic nitrogens is 1. The highest BCUT2D eigenvalue weighted by Gasteiger charge is 2.28. The SMILES string of the molecule is O=C(CCc1cc(Cl)no1)Oc1ccc2c(c1)O/C(=C\c1c(F)cccc1Cl)C2=O. The highest BCUT2D eigenvalue weighted by Crippen LogP contribution is 2.36. The predicted octanol–water partition coefficient (Wildman–Crippen LogP) is 5.27. The maximum absolute atomic E-state index is 14.0. The summed E-state index contributed by atoms with van der Waals surface area (Å²) in [5.74, 6) is -0.738. The fraction of sp³-hybridized carbons (Fsp3) is 0.0952. The molecule has 0 amide bonds. The number of carbonyl (C=O) groups excluding carboxylic acids is 2. The monoisotopic (exact) mass is 447 g/mol. The minimum Gasteiger partial charge on any atom is -0.452 e. The quantitative estimate of drug-likeness (QED) is 0.301. The molecule has 0 saturated carbocycles. The van der Waals surface area contributed by atoms with E-state index < -0.39 is 17.6 Å². The van der Waals surface area contributed by atoms with E-state index in [9.17, 15) is 14.0 Å². The van der Waals surface area contributed by atoms with Gasteiger partial charge in [0.15, 0.2) is 10.9 Å². The predicted molar refractivity (Wildman–Crippen MR) is 106 cm³/mol. The van der Waals surface area contributed by atoms with Gasteiger partial charge in [0.1, 0.15) is 23.1 Å². The lowest BCUT2D eigenvalue weighted by atomic mass is 10.1. The van der Waals surface area contributed by atoms with Gasteiger partial charge in [-0.3, -0.25) is 9.59 Å². The van der Waals surface area contributed by atoms with E-state index in [1.807, 2.05) is 0 Å². The van der Waals surface area contributed by atoms with Gasteiger partial charge in [0, 0.05) is 24.1 Å². The van der Waals surface area contributed by atoms with Gasteiger partial charge in [-0.2, -0.15) is 0 Å². The molecule has 0 unspecified atom stereocenters. The van der Waals surface area contributed by atoms with Crippen molar-refractivity contribution in [3.8, 4) is 11.5 Å². The van der Waals surface area contributed by atoms with Crippen LogP contribution in [0, 0.1) is 5.82 Å². The zero-order valence-electron chi connectivity index (χ0n) is 15.2. The van der Waals surface area contributed by atoms with Gasteiger partial charge in [0.2, 0.25) is 5.78 Å². The van der Waals surface area contributed by atoms with Crippen molar-refractivity contribution in [3.63, 3.8) is 0 Å². The van der Waals surface area contributed by atoms with Crippen molar-refractivity contribution in [1.82, 2.24) is 5.16 Å². The van der Waals surface area contributed by atoms with Crippen LogP contribution in [0.4, 0.5) is 4.39 Å². The lowest BCUT2D eigenvalue weighted by Crippen LogP contribution is -2.08. The van der Waals surface area contributed by atoms with Gasteiger partial charge in [-0.1, -0.05) is 34.4 Å². The second-order valence-electron chi connectivity index (χ2n) is 6.32. The van der Waals surface area contributed by atoms with Crippen LogP contribution in [0.5, 0.6) is 11.5 Å². The first-order chi connectivity index (χ1) is 14.4. The number of aryl methyl sites for hydroxylation is 1. The van der Waals surface area contributed by atoms with Crippen LogP contribution in [0.2, 0.25) is 10.2 Å². The summed E-state index contributed by atoms with van der Waals surface area (Å²) in [6, 6.07) is 10.1. The Morgan fingerprint density at radius 2 is 2.03 bits per heavy atom. The molecule has 0 aliphatic carbocycles. The lowest BCUT2D eigenvalue weighted by Gasteiger charge is -2.05. The number of ketones is 1. The first kappa shape index (κ1) is 20.1. The van der Waals surface area contributed by atoms with Crippen LogP contribution in [-0.2, 0) is 11.2 Å². The van der Waals surface area contributed by atoms with E-state index in [0.29, 0.717) is 5.76 Å². The largest absolute Gasteiger partial charge is 0.452 e. The Morgan fingerprint density at radius 3 is 2.77 bits per heavy atom. The van der Waals surface area contributed by atoms with Crippen LogP contribution in [0.15, 0.2) is 52.7 Å². The zero-order valence-corrected chi connectivity index (χ0v) is 16.7. The fourth-order valence-corrected chi connectivity index (χ4v) is 3.20. The summed E-state index contributed by atoms with van der Waals surface area (Å²) >= 11 is 11.7. The molecule has 4 rings (SSSR count). The number of rotatable bonds is 5. The van der Waals surface area contributed by atoms with Crippen LogP contribution >= 0.6 is 23.2 Å². The summed E-state index contributed by atoms with van der Waals surface area (Å²) in [6.07, 6.45) is 1.56. The Labute approximate surface area is 179 Å². The Bertz CT molecular complexity index is 1170. The van der Waals surface area contributed by atoms with E-state index in [4.69, 9.17) is 37.2 Å². The van der Waals surface area contributed by atoms with E-state index in [1.165, 1.54) is 48.5 Å². The fourth-order valence-electron chi connectivity index (χ4n) is 2.82. The van der Waals surface area contributed by atoms with Crippen LogP contribution in [0.25, 0.3) is 6.08 Å². The van der Waals surface area contributed by atoms with E-state index in [1.54, 1.807) is 0 Å². The average Bonchev–Trinajstić information content (AvgIpc) is 3.26. The van der Waals surface area contributed by atoms with Crippen LogP contribution in [0.1, 0.15) is 28.1 Å². The van der Waals surface area contributed by atoms with Crippen molar-refractivity contribution in [2.45, 2.75) is 12.8 Å². The normalized spacial score (nSPS) is 14.0. The van der Waals surface area contributed by atoms with E-state index in [2.05, 4.69) is 5.16 Å². The van der Waals surface area contributed by atoms with Gasteiger partial charge in [0.05, 0.1) is 17.0 Å². The second-order valence-corrected chi connectivity index (χ2v) is 7.12. The molecule has 2 heterocycles. The minimum absolute atomic E-state index is 0.0410. The number of hydrogen-bond donors (Lipinski definition) is 0. The number of Topliss-reactive ketones (excluding diaryl/α,β-unsaturated/α-hetero) is 1. The Hall–Kier alpha value is -3.16. The molecule has 2 aromatic carbocycles. The zero-order chi connectivity index (χ0) is 21.3. The third-order valence-electron chi connectivity index (χ3n) is 4.25. The van der Waals surface area contributed by atoms with E-state index in [0.717, 1.165) is 0 Å². The van der Waals surface area contributed by atoms with Crippen molar-refractivity contribution in [1.29, 1.82) is 0 Å². The number of fused-ring (bicyclic) bond motifs is 1. The van der Waals surface area contributed by atoms with E-state index >= 15 is 0 Å². The molecule has 1 aliphatic heterocycles. The molecule has 0 atom stereocenters. The maximum Gasteiger partial charge on any atom is 0.311 e. The Balaban J connectivity index is 1.46. The second kappa shape index (κ2) is 8.30. The van der Waals surface area contributed by atoms with E-state index in [-0.39, 0.29) is 51.4 Å². The number of halogens is 3. The minimum atomic E-state index is -0.579. The Morgan fingerprint density at radius 1 is 1.20 bits per heavy atom. The topological polar surface area (TPSA) is 78.6 Å². The molecular weight excluding hydrogens is 436 g/mol. The molecule has 152 valence electrons. The molecule has 0 spiro atoms. The molecule has 0 fully saturated rings. The van der Waals surface area contributed by atoms with Gasteiger partial charge >= 0.3 is 5.97 Å². The van der Waals surface area contributed by atoms with Crippen molar-refractivity contribution < 1.29 is 28.0 Å². The molecule has 30 heavy (non-hydrogen) atoms. The van der Waals surface area contributed by atoms with Gasteiger partial charge in [0.25, 0.3) is 0 Å². The van der Waals surface area contributed by atoms with Gasteiger partial charge < -0.3 is 14.0 Å². The molecule has 0 saturated heterocycles. The molecule has 1 aliphatic rings. The summed E-state index contributed by atoms with van der Waals surface area (Å²) in [7, 11) is 0. The highest BCUT2D eigenvalue weighted by atomic mass is 35.5. The maximum atomic E-state index is 14.0. The molecule has 1 aromatic heterocycles. The molecule has 3 aromatic rings. The van der Waals surface area contributed by atoms with Crippen molar-refractivity contribution >= 4 is 41.0 Å². The molecule has 0 radical (unpaired) electrons. The van der Waals surface area contributed by atoms with Gasteiger partial charge in [-0.15, -0.1) is 0 Å². The number of ether oxygens (including phenoxy) is 2. The number of carbonyl (C=O) groups is 2.